The fourth-order valence-electron chi connectivity index (χ4n) is 4.08. The molecule has 0 unspecified atom stereocenters. The Kier molecular flexibility index (Phi) is 8.74. The Bertz CT molecular complexity index is 1050. The van der Waals surface area contributed by atoms with Gasteiger partial charge in [-0.15, -0.1) is 6.58 Å². The molecule has 192 valence electrons. The minimum Gasteiger partial charge on any atom is -0.459 e. The Hall–Kier alpha value is -3.81. The van der Waals surface area contributed by atoms with Gasteiger partial charge in [0.25, 0.3) is 0 Å². The fraction of sp³-hybridized carbons (Fsp3) is 0.393. The van der Waals surface area contributed by atoms with Crippen LogP contribution in [0.2, 0.25) is 0 Å². The highest BCUT2D eigenvalue weighted by molar-refractivity contribution is 5.88. The number of allylic oxidation sites excluding steroid dienone is 1. The van der Waals surface area contributed by atoms with E-state index in [1.807, 2.05) is 60.7 Å². The summed E-state index contributed by atoms with van der Waals surface area (Å²) in [7, 11) is 0. The molecule has 1 heterocycles. The predicted octanol–water partition coefficient (Wildman–Crippen LogP) is 4.84. The first kappa shape index (κ1) is 26.8. The number of ether oxygens (including phenoxy) is 3. The van der Waals surface area contributed by atoms with E-state index in [2.05, 4.69) is 11.9 Å². The van der Waals surface area contributed by atoms with E-state index in [1.54, 1.807) is 26.8 Å². The molecule has 36 heavy (non-hydrogen) atoms. The van der Waals surface area contributed by atoms with Gasteiger partial charge in [0.05, 0.1) is 6.54 Å². The van der Waals surface area contributed by atoms with Crippen molar-refractivity contribution in [2.75, 3.05) is 13.1 Å². The number of alkyl carbamates (subject to hydrolysis) is 1. The molecule has 2 amide bonds. The molecule has 0 saturated carbocycles. The molecule has 3 rings (SSSR count). The second-order valence-corrected chi connectivity index (χ2v) is 9.80. The van der Waals surface area contributed by atoms with Crippen molar-refractivity contribution in [1.29, 1.82) is 0 Å². The van der Waals surface area contributed by atoms with Gasteiger partial charge in [0, 0.05) is 12.5 Å². The molecule has 0 spiro atoms. The van der Waals surface area contributed by atoms with Gasteiger partial charge in [-0.3, -0.25) is 0 Å². The van der Waals surface area contributed by atoms with Crippen molar-refractivity contribution < 1.29 is 28.6 Å². The number of esters is 1. The van der Waals surface area contributed by atoms with Gasteiger partial charge in [0.2, 0.25) is 0 Å². The number of likely N-dealkylation sites (tertiary alicyclic amines) is 1. The molecule has 8 nitrogen and oxygen atoms in total. The summed E-state index contributed by atoms with van der Waals surface area (Å²) >= 11 is 0. The highest BCUT2D eigenvalue weighted by atomic mass is 16.6. The fourth-order valence-corrected chi connectivity index (χ4v) is 4.08. The van der Waals surface area contributed by atoms with E-state index >= 15 is 0 Å². The number of hydrogen-bond acceptors (Lipinski definition) is 6. The number of carbonyl (C=O) groups excluding carboxylic acids is 3. The third-order valence-corrected chi connectivity index (χ3v) is 5.80. The number of rotatable bonds is 8. The van der Waals surface area contributed by atoms with E-state index in [9.17, 15) is 14.4 Å². The van der Waals surface area contributed by atoms with Crippen LogP contribution in [0.25, 0.3) is 0 Å². The first-order valence-corrected chi connectivity index (χ1v) is 11.9. The smallest absolute Gasteiger partial charge is 0.410 e. The van der Waals surface area contributed by atoms with Crippen LogP contribution < -0.4 is 5.32 Å². The second kappa shape index (κ2) is 11.7. The van der Waals surface area contributed by atoms with Crippen molar-refractivity contribution in [2.24, 2.45) is 5.92 Å². The van der Waals surface area contributed by atoms with E-state index in [0.29, 0.717) is 6.42 Å². The number of nitrogens with one attached hydrogen (secondary N) is 1. The number of benzene rings is 2. The molecule has 1 saturated heterocycles. The molecule has 0 bridgehead atoms. The average Bonchev–Trinajstić information content (AvgIpc) is 3.21. The lowest BCUT2D eigenvalue weighted by atomic mass is 9.84. The average molecular weight is 495 g/mol. The van der Waals surface area contributed by atoms with Crippen LogP contribution >= 0.6 is 0 Å². The molecule has 0 aromatic heterocycles. The van der Waals surface area contributed by atoms with Crippen molar-refractivity contribution in [3.8, 4) is 0 Å². The van der Waals surface area contributed by atoms with E-state index in [0.717, 1.165) is 11.1 Å². The minimum atomic E-state index is -1.53. The highest BCUT2D eigenvalue weighted by Crippen LogP contribution is 2.34. The summed E-state index contributed by atoms with van der Waals surface area (Å²) in [5.41, 5.74) is -0.646. The van der Waals surface area contributed by atoms with E-state index in [-0.39, 0.29) is 26.3 Å². The topological polar surface area (TPSA) is 94.2 Å². The molecule has 8 heteroatoms. The van der Waals surface area contributed by atoms with Crippen LogP contribution in [0.4, 0.5) is 9.59 Å². The quantitative estimate of drug-likeness (QED) is 0.321. The molecular formula is C28H34N2O6. The van der Waals surface area contributed by atoms with Gasteiger partial charge < -0.3 is 24.4 Å². The van der Waals surface area contributed by atoms with Crippen molar-refractivity contribution in [3.63, 3.8) is 0 Å². The van der Waals surface area contributed by atoms with Crippen LogP contribution in [0.3, 0.4) is 0 Å². The number of carbonyl (C=O) groups is 3. The summed E-state index contributed by atoms with van der Waals surface area (Å²) in [6.45, 7) is 9.22. The summed E-state index contributed by atoms with van der Waals surface area (Å²) in [5, 5.41) is 2.75. The van der Waals surface area contributed by atoms with Gasteiger partial charge >= 0.3 is 18.2 Å². The van der Waals surface area contributed by atoms with Gasteiger partial charge in [-0.1, -0.05) is 66.7 Å². The highest BCUT2D eigenvalue weighted by Gasteiger charge is 2.56. The predicted molar refractivity (Wildman–Crippen MR) is 135 cm³/mol. The van der Waals surface area contributed by atoms with Crippen LogP contribution in [0.1, 0.15) is 38.3 Å². The summed E-state index contributed by atoms with van der Waals surface area (Å²) in [6, 6.07) is 18.4. The van der Waals surface area contributed by atoms with Crippen molar-refractivity contribution >= 4 is 18.2 Å². The third kappa shape index (κ3) is 7.10. The van der Waals surface area contributed by atoms with Crippen LogP contribution in [-0.4, -0.2) is 47.3 Å². The lowest BCUT2D eigenvalue weighted by molar-refractivity contribution is -0.154. The van der Waals surface area contributed by atoms with Crippen LogP contribution in [-0.2, 0) is 32.2 Å². The molecule has 2 aromatic rings. The van der Waals surface area contributed by atoms with Crippen molar-refractivity contribution in [2.45, 2.75) is 51.5 Å². The Morgan fingerprint density at radius 3 is 2.08 bits per heavy atom. The summed E-state index contributed by atoms with van der Waals surface area (Å²) in [4.78, 5) is 40.8. The van der Waals surface area contributed by atoms with E-state index < -0.39 is 35.2 Å². The second-order valence-electron chi connectivity index (χ2n) is 9.80. The SMILES string of the molecule is C=CC[C@H]1CN(C(=O)OC(C)(C)C)C[C@@]1(NC(=O)OCc1ccccc1)C(=O)OCc1ccccc1. The first-order chi connectivity index (χ1) is 17.1. The first-order valence-electron chi connectivity index (χ1n) is 11.9. The molecule has 1 fully saturated rings. The van der Waals surface area contributed by atoms with Gasteiger partial charge in [-0.25, -0.2) is 14.4 Å². The molecule has 1 N–H and O–H groups in total. The number of hydrogen-bond donors (Lipinski definition) is 1. The Balaban J connectivity index is 1.83. The largest absolute Gasteiger partial charge is 0.459 e. The zero-order valence-electron chi connectivity index (χ0n) is 21.1. The normalized spacial score (nSPS) is 19.3. The summed E-state index contributed by atoms with van der Waals surface area (Å²) in [5.74, 6) is -1.14. The molecule has 2 aromatic carbocycles. The van der Waals surface area contributed by atoms with Gasteiger partial charge in [-0.05, 0) is 38.3 Å². The zero-order valence-corrected chi connectivity index (χ0v) is 21.1. The molecule has 1 aliphatic rings. The summed E-state index contributed by atoms with van der Waals surface area (Å²) < 4.78 is 16.6. The lowest BCUT2D eigenvalue weighted by Gasteiger charge is -2.32. The maximum absolute atomic E-state index is 13.6. The third-order valence-electron chi connectivity index (χ3n) is 5.80. The maximum Gasteiger partial charge on any atom is 0.410 e. The van der Waals surface area contributed by atoms with Gasteiger partial charge in [0.1, 0.15) is 18.8 Å². The van der Waals surface area contributed by atoms with Crippen molar-refractivity contribution in [3.05, 3.63) is 84.4 Å². The van der Waals surface area contributed by atoms with E-state index in [4.69, 9.17) is 14.2 Å². The van der Waals surface area contributed by atoms with Crippen LogP contribution in [0.5, 0.6) is 0 Å². The number of nitrogens with zero attached hydrogens (tertiary/aromatic N) is 1. The van der Waals surface area contributed by atoms with Gasteiger partial charge in [0.15, 0.2) is 5.54 Å². The molecular weight excluding hydrogens is 460 g/mol. The van der Waals surface area contributed by atoms with Crippen molar-refractivity contribution in [1.82, 2.24) is 10.2 Å². The Morgan fingerprint density at radius 1 is 1.00 bits per heavy atom. The minimum absolute atomic E-state index is 0.0232. The maximum atomic E-state index is 13.6. The molecule has 0 aliphatic carbocycles. The lowest BCUT2D eigenvalue weighted by Crippen LogP contribution is -2.61. The van der Waals surface area contributed by atoms with Crippen LogP contribution in [0.15, 0.2) is 73.3 Å². The monoisotopic (exact) mass is 494 g/mol. The van der Waals surface area contributed by atoms with Gasteiger partial charge in [-0.2, -0.15) is 0 Å². The summed E-state index contributed by atoms with van der Waals surface area (Å²) in [6.07, 6.45) is 0.655. The van der Waals surface area contributed by atoms with Crippen LogP contribution in [0, 0.1) is 5.92 Å². The Morgan fingerprint density at radius 2 is 1.56 bits per heavy atom. The van der Waals surface area contributed by atoms with E-state index in [1.165, 1.54) is 4.90 Å². The Labute approximate surface area is 212 Å². The molecule has 0 radical (unpaired) electrons. The molecule has 2 atom stereocenters. The zero-order chi connectivity index (χ0) is 26.2. The standard InChI is InChI=1S/C28H34N2O6/c1-5-12-23-17-30(26(33)36-27(2,3)4)20-28(23,24(31)34-18-21-13-8-6-9-14-21)29-25(32)35-19-22-15-10-7-11-16-22/h5-11,13-16,23H,1,12,17-20H2,2-4H3,(H,29,32)/t23-,28-/m0/s1. The molecule has 1 aliphatic heterocycles. The number of amides is 2.